The molecule has 3 atom stereocenters. The highest BCUT2D eigenvalue weighted by Gasteiger charge is 2.50. The lowest BCUT2D eigenvalue weighted by Crippen LogP contribution is -2.64. The summed E-state index contributed by atoms with van der Waals surface area (Å²) in [5.41, 5.74) is 3.53. The number of amides is 1. The summed E-state index contributed by atoms with van der Waals surface area (Å²) in [6.07, 6.45) is 11.7. The molecule has 240 valence electrons. The molecule has 2 heterocycles. The maximum absolute atomic E-state index is 14.2. The van der Waals surface area contributed by atoms with Gasteiger partial charge in [-0.15, -0.1) is 6.58 Å². The molecule has 1 amide bonds. The number of ketones is 1. The molecular weight excluding hydrogens is 576 g/mol. The Kier molecular flexibility index (Phi) is 8.98. The molecule has 1 spiro atoms. The van der Waals surface area contributed by atoms with Crippen LogP contribution in [0.4, 0.5) is 0 Å². The molecular formula is C39H44N2O5. The summed E-state index contributed by atoms with van der Waals surface area (Å²) in [6, 6.07) is 9.41. The third-order valence-electron chi connectivity index (χ3n) is 9.70. The van der Waals surface area contributed by atoms with Crippen molar-refractivity contribution in [3.05, 3.63) is 100 Å². The monoisotopic (exact) mass is 620 g/mol. The normalized spacial score (nSPS) is 22.3. The molecule has 46 heavy (non-hydrogen) atoms. The van der Waals surface area contributed by atoms with Gasteiger partial charge in [-0.25, -0.2) is 0 Å². The van der Waals surface area contributed by atoms with Crippen LogP contribution >= 0.6 is 0 Å². The van der Waals surface area contributed by atoms with Gasteiger partial charge in [0, 0.05) is 56.6 Å². The number of aromatic nitrogens is 1. The van der Waals surface area contributed by atoms with Crippen LogP contribution in [0.2, 0.25) is 0 Å². The first-order valence-corrected chi connectivity index (χ1v) is 16.0. The highest BCUT2D eigenvalue weighted by Crippen LogP contribution is 2.42. The van der Waals surface area contributed by atoms with Crippen molar-refractivity contribution in [2.75, 3.05) is 0 Å². The van der Waals surface area contributed by atoms with Gasteiger partial charge in [-0.1, -0.05) is 68.8 Å². The number of hydrogen-bond acceptors (Lipinski definition) is 5. The fourth-order valence-corrected chi connectivity index (χ4v) is 6.93. The first-order valence-electron chi connectivity index (χ1n) is 16.0. The van der Waals surface area contributed by atoms with Crippen LogP contribution in [-0.4, -0.2) is 38.7 Å². The Morgan fingerprint density at radius 1 is 1.13 bits per heavy atom. The van der Waals surface area contributed by atoms with Gasteiger partial charge in [0.2, 0.25) is 5.91 Å². The Hall–Kier alpha value is -4.65. The van der Waals surface area contributed by atoms with Crippen molar-refractivity contribution in [2.24, 2.45) is 11.8 Å². The zero-order valence-electron chi connectivity index (χ0n) is 27.4. The Balaban J connectivity index is 1.46. The molecule has 0 saturated carbocycles. The van der Waals surface area contributed by atoms with E-state index >= 15 is 0 Å². The highest BCUT2D eigenvalue weighted by atomic mass is 16.3. The SMILES string of the molecule is C=CC(C)(C)c1[nH]c2ccccc2c1C=C1CC(=O)C2(CC(C)C=CC2CCc2c(O)cc(CC=C(C)C)c(O)c2C=O)NC1=O. The topological polar surface area (TPSA) is 119 Å². The predicted octanol–water partition coefficient (Wildman–Crippen LogP) is 7.42. The number of benzene rings is 2. The fourth-order valence-electron chi connectivity index (χ4n) is 6.93. The number of Topliss-reactive ketones (excluding diaryl/α,β-unsaturated/α-hetero) is 1. The number of phenols is 2. The van der Waals surface area contributed by atoms with Gasteiger partial charge >= 0.3 is 0 Å². The number of para-hydroxylation sites is 1. The van der Waals surface area contributed by atoms with Crippen LogP contribution in [0, 0.1) is 11.8 Å². The van der Waals surface area contributed by atoms with Gasteiger partial charge < -0.3 is 20.5 Å². The van der Waals surface area contributed by atoms with Gasteiger partial charge in [0.15, 0.2) is 12.1 Å². The number of H-pyrrole nitrogens is 1. The number of carbonyl (C=O) groups excluding carboxylic acids is 3. The van der Waals surface area contributed by atoms with E-state index in [1.165, 1.54) is 6.07 Å². The van der Waals surface area contributed by atoms with Gasteiger partial charge in [-0.3, -0.25) is 14.4 Å². The van der Waals surface area contributed by atoms with Gasteiger partial charge in [0.05, 0.1) is 5.56 Å². The number of nitrogens with one attached hydrogen (secondary N) is 2. The molecule has 4 N–H and O–H groups in total. The molecule has 3 unspecified atom stereocenters. The molecule has 1 saturated heterocycles. The maximum Gasteiger partial charge on any atom is 0.248 e. The number of aldehydes is 1. The van der Waals surface area contributed by atoms with Gasteiger partial charge in [-0.05, 0) is 63.7 Å². The lowest BCUT2D eigenvalue weighted by Gasteiger charge is -2.45. The summed E-state index contributed by atoms with van der Waals surface area (Å²) < 4.78 is 0. The summed E-state index contributed by atoms with van der Waals surface area (Å²) in [4.78, 5) is 43.6. The number of aromatic hydroxyl groups is 2. The minimum Gasteiger partial charge on any atom is -0.508 e. The van der Waals surface area contributed by atoms with Crippen LogP contribution in [0.25, 0.3) is 17.0 Å². The molecule has 7 heteroatoms. The van der Waals surface area contributed by atoms with Crippen molar-refractivity contribution in [1.29, 1.82) is 0 Å². The van der Waals surface area contributed by atoms with E-state index in [0.29, 0.717) is 42.2 Å². The molecule has 2 aliphatic rings. The molecule has 0 radical (unpaired) electrons. The summed E-state index contributed by atoms with van der Waals surface area (Å²) in [5.74, 6) is -0.856. The second kappa shape index (κ2) is 12.6. The molecule has 1 aromatic heterocycles. The number of fused-ring (bicyclic) bond motifs is 1. The molecule has 1 aliphatic heterocycles. The van der Waals surface area contributed by atoms with Crippen LogP contribution in [0.15, 0.2) is 72.4 Å². The molecule has 1 aliphatic carbocycles. The van der Waals surface area contributed by atoms with Crippen molar-refractivity contribution >= 4 is 35.0 Å². The van der Waals surface area contributed by atoms with Crippen molar-refractivity contribution in [2.45, 2.75) is 77.7 Å². The number of rotatable bonds is 9. The zero-order chi connectivity index (χ0) is 33.4. The molecule has 0 bridgehead atoms. The van der Waals surface area contributed by atoms with Crippen LogP contribution in [0.1, 0.15) is 86.6 Å². The van der Waals surface area contributed by atoms with E-state index in [-0.39, 0.29) is 53.4 Å². The Morgan fingerprint density at radius 2 is 1.87 bits per heavy atom. The quantitative estimate of drug-likeness (QED) is 0.0859. The lowest BCUT2D eigenvalue weighted by atomic mass is 9.66. The molecule has 1 fully saturated rings. The smallest absolute Gasteiger partial charge is 0.248 e. The fraction of sp³-hybridized carbons (Fsp3) is 0.359. The van der Waals surface area contributed by atoms with Crippen LogP contribution in [0.5, 0.6) is 11.5 Å². The highest BCUT2D eigenvalue weighted by molar-refractivity contribution is 6.12. The number of phenolic OH excluding ortho intramolecular Hbond substituents is 2. The van der Waals surface area contributed by atoms with Crippen LogP contribution in [-0.2, 0) is 27.8 Å². The van der Waals surface area contributed by atoms with E-state index in [2.05, 4.69) is 36.8 Å². The number of carbonyl (C=O) groups is 3. The second-order valence-electron chi connectivity index (χ2n) is 13.7. The average molecular weight is 621 g/mol. The minimum atomic E-state index is -1.12. The predicted molar refractivity (Wildman–Crippen MR) is 183 cm³/mol. The zero-order valence-corrected chi connectivity index (χ0v) is 27.4. The molecule has 2 aromatic carbocycles. The van der Waals surface area contributed by atoms with Crippen molar-refractivity contribution in [3.63, 3.8) is 0 Å². The van der Waals surface area contributed by atoms with Gasteiger partial charge in [0.25, 0.3) is 0 Å². The Morgan fingerprint density at radius 3 is 2.57 bits per heavy atom. The van der Waals surface area contributed by atoms with E-state index < -0.39 is 11.0 Å². The van der Waals surface area contributed by atoms with E-state index in [4.69, 9.17) is 0 Å². The Labute approximate surface area is 270 Å². The van der Waals surface area contributed by atoms with Crippen LogP contribution < -0.4 is 5.32 Å². The molecule has 5 rings (SSSR count). The number of piperidine rings is 1. The number of allylic oxidation sites excluding steroid dienone is 4. The van der Waals surface area contributed by atoms with Gasteiger partial charge in [-0.2, -0.15) is 0 Å². The van der Waals surface area contributed by atoms with Gasteiger partial charge in [0.1, 0.15) is 17.0 Å². The summed E-state index contributed by atoms with van der Waals surface area (Å²) in [5, 5.41) is 25.9. The maximum atomic E-state index is 14.2. The largest absolute Gasteiger partial charge is 0.508 e. The van der Waals surface area contributed by atoms with E-state index in [9.17, 15) is 24.6 Å². The molecule has 3 aromatic rings. The summed E-state index contributed by atoms with van der Waals surface area (Å²) >= 11 is 0. The Bertz CT molecular complexity index is 1820. The van der Waals surface area contributed by atoms with E-state index in [0.717, 1.165) is 27.7 Å². The lowest BCUT2D eigenvalue weighted by molar-refractivity contribution is -0.136. The van der Waals surface area contributed by atoms with Crippen molar-refractivity contribution in [1.82, 2.24) is 10.3 Å². The van der Waals surface area contributed by atoms with Crippen molar-refractivity contribution < 1.29 is 24.6 Å². The number of hydrogen-bond donors (Lipinski definition) is 4. The first kappa shape index (κ1) is 32.7. The molecule has 7 nitrogen and oxygen atoms in total. The second-order valence-corrected chi connectivity index (χ2v) is 13.7. The third-order valence-corrected chi connectivity index (χ3v) is 9.70. The number of aromatic amines is 1. The third kappa shape index (κ3) is 5.98. The summed E-state index contributed by atoms with van der Waals surface area (Å²) in [7, 11) is 0. The summed E-state index contributed by atoms with van der Waals surface area (Å²) in [6.45, 7) is 14.0. The average Bonchev–Trinajstić information content (AvgIpc) is 3.39. The van der Waals surface area contributed by atoms with E-state index in [1.807, 2.05) is 69.3 Å². The van der Waals surface area contributed by atoms with Crippen molar-refractivity contribution in [3.8, 4) is 11.5 Å². The standard InChI is InChI=1S/C39H44N2O5/c1-7-38(5,6)36-30(28-10-8-9-11-32(28)40-36)18-26-20-34(44)39(41-37(26)46)21-24(4)13-15-27(39)16-17-29-31(22-42)35(45)25(19-33(29)43)14-12-23(2)3/h7-13,15,18-19,22,24,27,40,43,45H,1,14,16-17,20-21H2,2-6H3,(H,41,46). The van der Waals surface area contributed by atoms with E-state index in [1.54, 1.807) is 0 Å². The first-order chi connectivity index (χ1) is 21.8. The van der Waals surface area contributed by atoms with Crippen LogP contribution in [0.3, 0.4) is 0 Å². The minimum absolute atomic E-state index is 0.0129.